The molecule has 0 saturated carbocycles. The van der Waals surface area contributed by atoms with Crippen LogP contribution < -0.4 is 0 Å². The fourth-order valence-corrected chi connectivity index (χ4v) is 9.24. The first-order chi connectivity index (χ1) is 28.7. The van der Waals surface area contributed by atoms with Crippen LogP contribution in [-0.2, 0) is 0 Å². The van der Waals surface area contributed by atoms with Crippen LogP contribution in [0.5, 0.6) is 0 Å². The van der Waals surface area contributed by atoms with Gasteiger partial charge in [0.25, 0.3) is 0 Å². The first-order valence-electron chi connectivity index (χ1n) is 19.5. The van der Waals surface area contributed by atoms with E-state index in [9.17, 15) is 0 Å². The third kappa shape index (κ3) is 4.42. The highest BCUT2D eigenvalue weighted by Crippen LogP contribution is 2.43. The molecule has 5 aromatic heterocycles. The van der Waals surface area contributed by atoms with E-state index < -0.39 is 0 Å². The largest absolute Gasteiger partial charge is 0.456 e. The molecule has 0 aliphatic carbocycles. The minimum atomic E-state index is 0.624. The molecule has 0 amide bonds. The van der Waals surface area contributed by atoms with Crippen LogP contribution in [0.3, 0.4) is 0 Å². The summed E-state index contributed by atoms with van der Waals surface area (Å²) in [5.41, 5.74) is 13.2. The van der Waals surface area contributed by atoms with Crippen molar-refractivity contribution in [1.29, 1.82) is 0 Å². The quantitative estimate of drug-likeness (QED) is 0.180. The maximum atomic E-state index is 6.15. The lowest BCUT2D eigenvalue weighted by molar-refractivity contribution is 0.668. The van der Waals surface area contributed by atoms with Gasteiger partial charge in [-0.1, -0.05) is 91.0 Å². The maximum Gasteiger partial charge on any atom is 0.235 e. The number of aromatic nitrogens is 4. The Morgan fingerprint density at radius 2 is 0.897 bits per heavy atom. The number of rotatable bonds is 4. The number of nitrogens with zero attached hydrogens (tertiary/aromatic N) is 4. The van der Waals surface area contributed by atoms with Crippen molar-refractivity contribution in [3.05, 3.63) is 182 Å². The van der Waals surface area contributed by atoms with Crippen molar-refractivity contribution >= 4 is 87.5 Å². The molecule has 0 unspecified atom stereocenters. The third-order valence-electron chi connectivity index (χ3n) is 11.8. The summed E-state index contributed by atoms with van der Waals surface area (Å²) in [6.45, 7) is 0. The molecule has 5 heterocycles. The molecular formula is C52H30N4O2. The Kier molecular flexibility index (Phi) is 6.35. The Balaban J connectivity index is 1.00. The number of benzene rings is 8. The fraction of sp³-hybridized carbons (Fsp3) is 0. The summed E-state index contributed by atoms with van der Waals surface area (Å²) in [4.78, 5) is 10.1. The van der Waals surface area contributed by atoms with Crippen LogP contribution in [0.25, 0.3) is 122 Å². The van der Waals surface area contributed by atoms with Gasteiger partial charge in [-0.2, -0.15) is 0 Å². The lowest BCUT2D eigenvalue weighted by Gasteiger charge is -2.11. The molecule has 0 spiro atoms. The molecule has 0 aliphatic heterocycles. The molecule has 0 fully saturated rings. The van der Waals surface area contributed by atoms with Crippen molar-refractivity contribution in [3.8, 4) is 34.0 Å². The van der Waals surface area contributed by atoms with E-state index in [1.807, 2.05) is 48.7 Å². The lowest BCUT2D eigenvalue weighted by Crippen LogP contribution is -2.01. The molecule has 0 saturated heterocycles. The van der Waals surface area contributed by atoms with Crippen LogP contribution in [-0.4, -0.2) is 19.1 Å². The monoisotopic (exact) mass is 742 g/mol. The minimum Gasteiger partial charge on any atom is -0.456 e. The fourth-order valence-electron chi connectivity index (χ4n) is 9.24. The summed E-state index contributed by atoms with van der Waals surface area (Å²) < 4.78 is 16.9. The average molecular weight is 743 g/mol. The number of hydrogen-bond donors (Lipinski definition) is 0. The van der Waals surface area contributed by atoms with Gasteiger partial charge in [0.1, 0.15) is 22.3 Å². The second-order valence-corrected chi connectivity index (χ2v) is 15.0. The molecule has 270 valence electrons. The Hall–Kier alpha value is -7.96. The molecule has 58 heavy (non-hydrogen) atoms. The number of fused-ring (bicyclic) bond motifs is 13. The summed E-state index contributed by atoms with van der Waals surface area (Å²) in [5, 5.41) is 9.14. The van der Waals surface area contributed by atoms with Gasteiger partial charge in [0, 0.05) is 60.5 Å². The van der Waals surface area contributed by atoms with Crippen LogP contribution in [0.2, 0.25) is 0 Å². The standard InChI is InChI=1S/C52H30N4O2/c1-5-16-42-37(14-1)50-44(55(42)34-11-9-10-31(28-34)32-20-24-48-39(29-32)35-12-3-7-18-46(35)57-48)22-23-45-51(50)38-15-2-6-17-43(38)56(45)52-53-27-26-41(54-52)33-21-25-49-40(30-33)36-13-4-8-19-47(36)58-49/h1-30H. The van der Waals surface area contributed by atoms with Crippen molar-refractivity contribution in [2.75, 3.05) is 0 Å². The molecule has 6 heteroatoms. The summed E-state index contributed by atoms with van der Waals surface area (Å²) in [6.07, 6.45) is 1.86. The molecule has 0 aliphatic rings. The molecule has 8 aromatic carbocycles. The Morgan fingerprint density at radius 3 is 1.59 bits per heavy atom. The van der Waals surface area contributed by atoms with Crippen LogP contribution in [0.15, 0.2) is 191 Å². The number of para-hydroxylation sites is 4. The van der Waals surface area contributed by atoms with Gasteiger partial charge in [0.2, 0.25) is 5.95 Å². The highest BCUT2D eigenvalue weighted by atomic mass is 16.3. The van der Waals surface area contributed by atoms with E-state index in [4.69, 9.17) is 18.8 Å². The number of hydrogen-bond acceptors (Lipinski definition) is 4. The highest BCUT2D eigenvalue weighted by Gasteiger charge is 2.22. The van der Waals surface area contributed by atoms with Crippen LogP contribution in [0.4, 0.5) is 0 Å². The predicted octanol–water partition coefficient (Wildman–Crippen LogP) is 13.8. The molecular weight excluding hydrogens is 713 g/mol. The Bertz CT molecular complexity index is 3570. The molecule has 0 atom stereocenters. The summed E-state index contributed by atoms with van der Waals surface area (Å²) in [5.74, 6) is 0.624. The third-order valence-corrected chi connectivity index (χ3v) is 11.8. The van der Waals surface area contributed by atoms with Crippen LogP contribution >= 0.6 is 0 Å². The van der Waals surface area contributed by atoms with Crippen molar-refractivity contribution in [2.24, 2.45) is 0 Å². The second kappa shape index (κ2) is 11.8. The summed E-state index contributed by atoms with van der Waals surface area (Å²) in [6, 6.07) is 61.8. The van der Waals surface area contributed by atoms with Gasteiger partial charge in [0.05, 0.1) is 27.8 Å². The van der Waals surface area contributed by atoms with Gasteiger partial charge in [0.15, 0.2) is 0 Å². The van der Waals surface area contributed by atoms with E-state index in [0.29, 0.717) is 5.95 Å². The SMILES string of the molecule is c1cc(-c2ccc3oc4ccccc4c3c2)cc(-n2c3ccccc3c3c4c5ccccc5n(-c5nccc(-c6ccc7oc8ccccc8c7c6)n5)c4ccc32)c1. The second-order valence-electron chi connectivity index (χ2n) is 15.0. The van der Waals surface area contributed by atoms with Gasteiger partial charge in [-0.3, -0.25) is 4.57 Å². The predicted molar refractivity (Wildman–Crippen MR) is 236 cm³/mol. The van der Waals surface area contributed by atoms with Crippen molar-refractivity contribution < 1.29 is 8.83 Å². The molecule has 0 bridgehead atoms. The van der Waals surface area contributed by atoms with Gasteiger partial charge in [-0.15, -0.1) is 0 Å². The summed E-state index contributed by atoms with van der Waals surface area (Å²) in [7, 11) is 0. The van der Waals surface area contributed by atoms with Crippen LogP contribution in [0, 0.1) is 0 Å². The van der Waals surface area contributed by atoms with Gasteiger partial charge in [-0.25, -0.2) is 9.97 Å². The van der Waals surface area contributed by atoms with Crippen molar-refractivity contribution in [1.82, 2.24) is 19.1 Å². The number of furan rings is 2. The van der Waals surface area contributed by atoms with Crippen molar-refractivity contribution in [2.45, 2.75) is 0 Å². The van der Waals surface area contributed by atoms with E-state index in [0.717, 1.165) is 99.4 Å². The van der Waals surface area contributed by atoms with Gasteiger partial charge < -0.3 is 13.4 Å². The molecule has 0 N–H and O–H groups in total. The van der Waals surface area contributed by atoms with E-state index in [2.05, 4.69) is 143 Å². The zero-order valence-electron chi connectivity index (χ0n) is 30.9. The van der Waals surface area contributed by atoms with Crippen molar-refractivity contribution in [3.63, 3.8) is 0 Å². The Morgan fingerprint density at radius 1 is 0.362 bits per heavy atom. The zero-order chi connectivity index (χ0) is 37.9. The Labute approximate surface area is 330 Å². The average Bonchev–Trinajstić information content (AvgIpc) is 4.03. The van der Waals surface area contributed by atoms with E-state index in [1.165, 1.54) is 16.2 Å². The van der Waals surface area contributed by atoms with Gasteiger partial charge in [-0.05, 0) is 96.1 Å². The molecule has 6 nitrogen and oxygen atoms in total. The molecule has 13 aromatic rings. The van der Waals surface area contributed by atoms with E-state index >= 15 is 0 Å². The lowest BCUT2D eigenvalue weighted by atomic mass is 10.0. The topological polar surface area (TPSA) is 61.9 Å². The summed E-state index contributed by atoms with van der Waals surface area (Å²) >= 11 is 0. The molecule has 0 radical (unpaired) electrons. The highest BCUT2D eigenvalue weighted by molar-refractivity contribution is 6.29. The first-order valence-corrected chi connectivity index (χ1v) is 19.5. The maximum absolute atomic E-state index is 6.15. The first kappa shape index (κ1) is 31.3. The van der Waals surface area contributed by atoms with E-state index in [1.54, 1.807) is 0 Å². The van der Waals surface area contributed by atoms with E-state index in [-0.39, 0.29) is 0 Å². The minimum absolute atomic E-state index is 0.624. The zero-order valence-corrected chi connectivity index (χ0v) is 30.9. The normalized spacial score (nSPS) is 12.1. The molecule has 13 rings (SSSR count). The van der Waals surface area contributed by atoms with Gasteiger partial charge >= 0.3 is 0 Å². The van der Waals surface area contributed by atoms with Crippen LogP contribution in [0.1, 0.15) is 0 Å². The smallest absolute Gasteiger partial charge is 0.235 e.